The highest BCUT2D eigenvalue weighted by Gasteiger charge is 2.32. The third-order valence-corrected chi connectivity index (χ3v) is 13.7. The lowest BCUT2D eigenvalue weighted by molar-refractivity contribution is 0.398. The number of phenolic OH excluding ortho intramolecular Hbond substituents is 6. The Hall–Kier alpha value is -4.56. The van der Waals surface area contributed by atoms with Crippen LogP contribution in [0.3, 0.4) is 0 Å². The van der Waals surface area contributed by atoms with E-state index in [2.05, 4.69) is 9.98 Å². The van der Waals surface area contributed by atoms with Crippen LogP contribution < -0.4 is 0 Å². The molecule has 0 aliphatic carbocycles. The molecular formula is C38H44N2O10S2. The van der Waals surface area contributed by atoms with E-state index in [1.807, 2.05) is 27.7 Å². The van der Waals surface area contributed by atoms with Crippen molar-refractivity contribution in [2.75, 3.05) is 23.0 Å². The molecule has 0 aromatic heterocycles. The van der Waals surface area contributed by atoms with Crippen molar-refractivity contribution in [3.8, 4) is 45.6 Å². The van der Waals surface area contributed by atoms with Crippen molar-refractivity contribution in [1.29, 1.82) is 0 Å². The largest absolute Gasteiger partial charge is 0.507 e. The minimum Gasteiger partial charge on any atom is -0.507 e. The molecule has 0 saturated carbocycles. The highest BCUT2D eigenvalue weighted by Crippen LogP contribution is 2.54. The van der Waals surface area contributed by atoms with Gasteiger partial charge in [0.15, 0.2) is 42.7 Å². The summed E-state index contributed by atoms with van der Waals surface area (Å²) in [4.78, 5) is 8.87. The average Bonchev–Trinajstić information content (AvgIpc) is 3.58. The third-order valence-electron chi connectivity index (χ3n) is 10.2. The number of fused-ring (bicyclic) bond motifs is 2. The Balaban J connectivity index is 1.68. The van der Waals surface area contributed by atoms with E-state index in [9.17, 15) is 47.5 Å². The van der Waals surface area contributed by atoms with Crippen LogP contribution in [0.5, 0.6) is 34.5 Å². The molecule has 14 heteroatoms. The summed E-state index contributed by atoms with van der Waals surface area (Å²) in [7, 11) is -6.53. The van der Waals surface area contributed by atoms with Crippen LogP contribution in [0.2, 0.25) is 0 Å². The lowest BCUT2D eigenvalue weighted by atomic mass is 9.83. The lowest BCUT2D eigenvalue weighted by Crippen LogP contribution is -2.08. The molecule has 2 fully saturated rings. The fraction of sp³-hybridized carbons (Fsp3) is 0.421. The first-order valence-corrected chi connectivity index (χ1v) is 20.8. The summed E-state index contributed by atoms with van der Waals surface area (Å²) in [5, 5.41) is 70.7. The second-order valence-corrected chi connectivity index (χ2v) is 19.2. The second-order valence-electron chi connectivity index (χ2n) is 14.7. The van der Waals surface area contributed by atoms with Gasteiger partial charge in [0.05, 0.1) is 35.1 Å². The highest BCUT2D eigenvalue weighted by atomic mass is 32.2. The molecular weight excluding hydrogens is 709 g/mol. The molecule has 6 rings (SSSR count). The molecule has 0 radical (unpaired) electrons. The normalized spacial score (nSPS) is 20.2. The van der Waals surface area contributed by atoms with Gasteiger partial charge in [-0.15, -0.1) is 0 Å². The molecule has 4 aromatic rings. The van der Waals surface area contributed by atoms with Crippen LogP contribution in [0.25, 0.3) is 32.7 Å². The first-order valence-electron chi connectivity index (χ1n) is 17.2. The second kappa shape index (κ2) is 13.1. The Morgan fingerprint density at radius 1 is 0.596 bits per heavy atom. The molecule has 2 heterocycles. The number of rotatable bonds is 7. The van der Waals surface area contributed by atoms with Gasteiger partial charge in [-0.1, -0.05) is 39.8 Å². The zero-order valence-electron chi connectivity index (χ0n) is 29.9. The van der Waals surface area contributed by atoms with E-state index in [-0.39, 0.29) is 92.2 Å². The van der Waals surface area contributed by atoms with Crippen LogP contribution in [0.1, 0.15) is 85.8 Å². The van der Waals surface area contributed by atoms with Crippen molar-refractivity contribution in [3.05, 3.63) is 45.5 Å². The number of aromatic hydroxyl groups is 6. The van der Waals surface area contributed by atoms with Crippen LogP contribution in [0.4, 0.5) is 0 Å². The van der Waals surface area contributed by atoms with Crippen molar-refractivity contribution in [3.63, 3.8) is 0 Å². The van der Waals surface area contributed by atoms with Crippen molar-refractivity contribution >= 4 is 53.6 Å². The predicted octanol–water partition coefficient (Wildman–Crippen LogP) is 5.97. The Labute approximate surface area is 302 Å². The molecule has 0 amide bonds. The Bertz CT molecular complexity index is 2280. The number of sulfone groups is 2. The summed E-state index contributed by atoms with van der Waals surface area (Å²) in [6.07, 6.45) is 3.12. The van der Waals surface area contributed by atoms with E-state index < -0.39 is 54.8 Å². The summed E-state index contributed by atoms with van der Waals surface area (Å²) in [6.45, 7) is 10.7. The van der Waals surface area contributed by atoms with Crippen molar-refractivity contribution in [2.24, 2.45) is 9.98 Å². The van der Waals surface area contributed by atoms with Gasteiger partial charge in [-0.05, 0) is 60.4 Å². The van der Waals surface area contributed by atoms with Gasteiger partial charge in [-0.3, -0.25) is 9.98 Å². The van der Waals surface area contributed by atoms with E-state index in [1.165, 1.54) is 12.4 Å². The SMILES string of the molecule is Cc1cc2c(C(C)C)c(O)c(O)c(C=N[C@H]3CCS(=O)(=O)C3)c2c(O)c1-c1c(C)cc2c(C(C)C)c(O)c(O)c(C=N[C@H]3CCS(=O)(=O)C3)c2c1O. The monoisotopic (exact) mass is 752 g/mol. The topological polar surface area (TPSA) is 214 Å². The fourth-order valence-electron chi connectivity index (χ4n) is 7.77. The average molecular weight is 753 g/mol. The number of hydrogen-bond donors (Lipinski definition) is 6. The van der Waals surface area contributed by atoms with Crippen molar-refractivity contribution in [1.82, 2.24) is 0 Å². The van der Waals surface area contributed by atoms with Crippen molar-refractivity contribution in [2.45, 2.75) is 78.3 Å². The number of aliphatic imine (C=N–C) groups is 2. The molecule has 0 bridgehead atoms. The molecule has 4 aromatic carbocycles. The van der Waals surface area contributed by atoms with Crippen LogP contribution in [-0.4, -0.2) is 95.0 Å². The minimum absolute atomic E-state index is 0.0211. The molecule has 12 nitrogen and oxygen atoms in total. The van der Waals surface area contributed by atoms with E-state index in [1.54, 1.807) is 26.0 Å². The summed E-state index contributed by atoms with van der Waals surface area (Å²) in [6, 6.07) is 2.31. The molecule has 2 saturated heterocycles. The maximum Gasteiger partial charge on any atom is 0.167 e. The van der Waals surface area contributed by atoms with Gasteiger partial charge in [0.25, 0.3) is 0 Å². The highest BCUT2D eigenvalue weighted by molar-refractivity contribution is 7.91. The van der Waals surface area contributed by atoms with Gasteiger partial charge >= 0.3 is 0 Å². The van der Waals surface area contributed by atoms with Gasteiger partial charge in [0.1, 0.15) is 11.5 Å². The van der Waals surface area contributed by atoms with Gasteiger partial charge in [0, 0.05) is 56.6 Å². The van der Waals surface area contributed by atoms with E-state index in [4.69, 9.17) is 0 Å². The standard InChI is InChI=1S/C38H44N2O10S2/c1-17(2)27-23-11-19(5)29(35(43)31(23)25(33(41)37(27)45)13-39-21-7-9-51(47,48)15-21)30-20(6)12-24-28(18(3)4)38(46)34(42)26(32(24)36(30)44)14-40-22-8-10-52(49,50)16-22/h11-14,17-18,21-22,41-46H,7-10,15-16H2,1-6H3/t21-,22-/m0/s1. The van der Waals surface area contributed by atoms with E-state index in [0.29, 0.717) is 33.0 Å². The Morgan fingerprint density at radius 2 is 0.942 bits per heavy atom. The van der Waals surface area contributed by atoms with E-state index in [0.717, 1.165) is 0 Å². The molecule has 52 heavy (non-hydrogen) atoms. The molecule has 2 aliphatic rings. The Morgan fingerprint density at radius 3 is 1.23 bits per heavy atom. The number of aryl methyl sites for hydroxylation is 2. The minimum atomic E-state index is -3.27. The van der Waals surface area contributed by atoms with Crippen LogP contribution in [0.15, 0.2) is 22.1 Å². The number of hydrogen-bond acceptors (Lipinski definition) is 12. The summed E-state index contributed by atoms with van der Waals surface area (Å²) in [5.74, 6) is -3.54. The molecule has 6 N–H and O–H groups in total. The van der Waals surface area contributed by atoms with Crippen LogP contribution in [-0.2, 0) is 19.7 Å². The number of nitrogens with zero attached hydrogens (tertiary/aromatic N) is 2. The molecule has 2 atom stereocenters. The first kappa shape index (κ1) is 37.2. The van der Waals surface area contributed by atoms with Gasteiger partial charge < -0.3 is 30.6 Å². The molecule has 0 unspecified atom stereocenters. The van der Waals surface area contributed by atoms with Crippen molar-refractivity contribution < 1.29 is 47.5 Å². The third kappa shape index (κ3) is 6.29. The van der Waals surface area contributed by atoms with Gasteiger partial charge in [-0.2, -0.15) is 0 Å². The zero-order valence-corrected chi connectivity index (χ0v) is 31.5. The summed E-state index contributed by atoms with van der Waals surface area (Å²) >= 11 is 0. The van der Waals surface area contributed by atoms with Crippen LogP contribution >= 0.6 is 0 Å². The number of phenols is 6. The first-order chi connectivity index (χ1) is 24.2. The van der Waals surface area contributed by atoms with Gasteiger partial charge in [-0.25, -0.2) is 16.8 Å². The maximum absolute atomic E-state index is 12.3. The number of benzene rings is 4. The lowest BCUT2D eigenvalue weighted by Gasteiger charge is -2.23. The van der Waals surface area contributed by atoms with Gasteiger partial charge in [0.2, 0.25) is 0 Å². The van der Waals surface area contributed by atoms with Crippen LogP contribution in [0, 0.1) is 13.8 Å². The van der Waals surface area contributed by atoms with E-state index >= 15 is 0 Å². The predicted molar refractivity (Wildman–Crippen MR) is 204 cm³/mol. The molecule has 2 aliphatic heterocycles. The quantitative estimate of drug-likeness (QED) is 0.0961. The fourth-order valence-corrected chi connectivity index (χ4v) is 11.0. The molecule has 278 valence electrons. The molecule has 0 spiro atoms. The smallest absolute Gasteiger partial charge is 0.167 e. The summed E-state index contributed by atoms with van der Waals surface area (Å²) in [5.41, 5.74) is 2.05. The summed E-state index contributed by atoms with van der Waals surface area (Å²) < 4.78 is 48.5. The maximum atomic E-state index is 12.3. The zero-order chi connectivity index (χ0) is 38.2. The Kier molecular flexibility index (Phi) is 9.40.